The number of nitrogens with zero attached hydrogens (tertiary/aromatic N) is 4. The number of nitriles is 2. The minimum absolute atomic E-state index is 0.283. The van der Waals surface area contributed by atoms with Gasteiger partial charge < -0.3 is 11.1 Å². The summed E-state index contributed by atoms with van der Waals surface area (Å²) in [5.74, 6) is 0.792. The van der Waals surface area contributed by atoms with Crippen molar-refractivity contribution in [1.82, 2.24) is 9.78 Å². The second-order valence-corrected chi connectivity index (χ2v) is 4.71. The highest BCUT2D eigenvalue weighted by atomic mass is 15.4. The highest BCUT2D eigenvalue weighted by molar-refractivity contribution is 5.66. The third-order valence-electron chi connectivity index (χ3n) is 3.17. The fraction of sp³-hybridized carbons (Fsp3) is 0.214. The number of benzene rings is 1. The van der Waals surface area contributed by atoms with E-state index in [1.54, 1.807) is 24.3 Å². The molecular weight excluding hydrogens is 252 g/mol. The number of rotatable bonds is 3. The minimum Gasteiger partial charge on any atom is -0.382 e. The molecule has 0 amide bonds. The van der Waals surface area contributed by atoms with Crippen LogP contribution < -0.4 is 11.1 Å². The summed E-state index contributed by atoms with van der Waals surface area (Å²) >= 11 is 0. The Morgan fingerprint density at radius 2 is 2.10 bits per heavy atom. The number of nitrogens with two attached hydrogens (primary N) is 1. The van der Waals surface area contributed by atoms with Crippen molar-refractivity contribution in [3.05, 3.63) is 35.4 Å². The Balaban J connectivity index is 2.07. The lowest BCUT2D eigenvalue weighted by molar-refractivity contribution is 0.886. The molecule has 6 nitrogen and oxygen atoms in total. The quantitative estimate of drug-likeness (QED) is 0.879. The third-order valence-corrected chi connectivity index (χ3v) is 3.17. The van der Waals surface area contributed by atoms with Gasteiger partial charge in [-0.15, -0.1) is 5.10 Å². The summed E-state index contributed by atoms with van der Waals surface area (Å²) < 4.78 is 1.49. The van der Waals surface area contributed by atoms with E-state index in [0.717, 1.165) is 12.8 Å². The van der Waals surface area contributed by atoms with Crippen molar-refractivity contribution in [2.24, 2.45) is 0 Å². The Morgan fingerprint density at radius 3 is 2.75 bits per heavy atom. The summed E-state index contributed by atoms with van der Waals surface area (Å²) in [7, 11) is 0. The van der Waals surface area contributed by atoms with Crippen molar-refractivity contribution in [2.45, 2.75) is 18.9 Å². The van der Waals surface area contributed by atoms with Crippen molar-refractivity contribution in [3.63, 3.8) is 0 Å². The average Bonchev–Trinajstić information content (AvgIpc) is 3.23. The standard InChI is InChI=1S/C14H12N6/c15-7-9-2-1-3-11(6-9)20-13(17)12(8-16)14(19-20)18-10-4-5-10/h1-3,6,10H,4-5,17H2,(H,18,19). The molecule has 6 heteroatoms. The molecular formula is C14H12N6. The van der Waals surface area contributed by atoms with E-state index in [4.69, 9.17) is 11.0 Å². The van der Waals surface area contributed by atoms with Crippen LogP contribution in [0.25, 0.3) is 5.69 Å². The first-order valence-electron chi connectivity index (χ1n) is 6.28. The summed E-state index contributed by atoms with van der Waals surface area (Å²) in [6, 6.07) is 11.5. The predicted octanol–water partition coefficient (Wildman–Crippen LogP) is 1.77. The Kier molecular flexibility index (Phi) is 2.77. The molecule has 3 N–H and O–H groups in total. The molecule has 20 heavy (non-hydrogen) atoms. The fourth-order valence-corrected chi connectivity index (χ4v) is 1.97. The lowest BCUT2D eigenvalue weighted by Gasteiger charge is -2.03. The first kappa shape index (κ1) is 12.1. The smallest absolute Gasteiger partial charge is 0.168 e. The summed E-state index contributed by atoms with van der Waals surface area (Å²) in [6.45, 7) is 0. The van der Waals surface area contributed by atoms with Crippen molar-refractivity contribution in [2.75, 3.05) is 11.1 Å². The number of hydrogen-bond donors (Lipinski definition) is 2. The molecule has 1 aliphatic carbocycles. The maximum absolute atomic E-state index is 9.22. The van der Waals surface area contributed by atoms with E-state index in [-0.39, 0.29) is 5.82 Å². The first-order chi connectivity index (χ1) is 9.72. The summed E-state index contributed by atoms with van der Waals surface area (Å²) in [5.41, 5.74) is 7.53. The number of aromatic nitrogens is 2. The topological polar surface area (TPSA) is 103 Å². The molecule has 1 fully saturated rings. The number of anilines is 2. The molecule has 0 spiro atoms. The number of hydrogen-bond acceptors (Lipinski definition) is 5. The van der Waals surface area contributed by atoms with Gasteiger partial charge in [0.1, 0.15) is 17.5 Å². The zero-order valence-corrected chi connectivity index (χ0v) is 10.7. The Bertz CT molecular complexity index is 742. The van der Waals surface area contributed by atoms with Crippen LogP contribution in [0.15, 0.2) is 24.3 Å². The normalized spacial score (nSPS) is 13.5. The molecule has 1 aliphatic rings. The third kappa shape index (κ3) is 2.04. The van der Waals surface area contributed by atoms with E-state index in [9.17, 15) is 5.26 Å². The van der Waals surface area contributed by atoms with Crippen LogP contribution in [0.2, 0.25) is 0 Å². The molecule has 1 aromatic heterocycles. The van der Waals surface area contributed by atoms with Gasteiger partial charge in [0, 0.05) is 6.04 Å². The minimum atomic E-state index is 0.283. The van der Waals surface area contributed by atoms with E-state index in [0.29, 0.717) is 28.7 Å². The van der Waals surface area contributed by atoms with Crippen LogP contribution in [0.1, 0.15) is 24.0 Å². The van der Waals surface area contributed by atoms with Crippen LogP contribution in [-0.4, -0.2) is 15.8 Å². The van der Waals surface area contributed by atoms with Gasteiger partial charge in [-0.1, -0.05) is 6.07 Å². The van der Waals surface area contributed by atoms with Gasteiger partial charge in [-0.2, -0.15) is 10.5 Å². The molecule has 1 heterocycles. The van der Waals surface area contributed by atoms with Gasteiger partial charge in [-0.05, 0) is 31.0 Å². The lowest BCUT2D eigenvalue weighted by Crippen LogP contribution is -2.04. The van der Waals surface area contributed by atoms with Crippen molar-refractivity contribution in [1.29, 1.82) is 10.5 Å². The van der Waals surface area contributed by atoms with Gasteiger partial charge in [0.05, 0.1) is 17.3 Å². The molecule has 0 saturated heterocycles. The van der Waals surface area contributed by atoms with Gasteiger partial charge >= 0.3 is 0 Å². The molecule has 1 saturated carbocycles. The number of nitrogens with one attached hydrogen (secondary N) is 1. The summed E-state index contributed by atoms with van der Waals surface area (Å²) in [4.78, 5) is 0. The van der Waals surface area contributed by atoms with E-state index in [1.807, 2.05) is 0 Å². The lowest BCUT2D eigenvalue weighted by atomic mass is 10.2. The molecule has 0 bridgehead atoms. The van der Waals surface area contributed by atoms with Crippen molar-refractivity contribution >= 4 is 11.6 Å². The maximum Gasteiger partial charge on any atom is 0.168 e. The maximum atomic E-state index is 9.22. The van der Waals surface area contributed by atoms with Gasteiger partial charge in [0.15, 0.2) is 5.82 Å². The van der Waals surface area contributed by atoms with Gasteiger partial charge in [-0.25, -0.2) is 4.68 Å². The van der Waals surface area contributed by atoms with Gasteiger partial charge in [-0.3, -0.25) is 0 Å². The van der Waals surface area contributed by atoms with Crippen LogP contribution in [0, 0.1) is 22.7 Å². The Hall–Kier alpha value is -2.99. The highest BCUT2D eigenvalue weighted by Crippen LogP contribution is 2.29. The first-order valence-corrected chi connectivity index (χ1v) is 6.28. The zero-order valence-electron chi connectivity index (χ0n) is 10.7. The fourth-order valence-electron chi connectivity index (χ4n) is 1.97. The molecule has 0 aliphatic heterocycles. The predicted molar refractivity (Wildman–Crippen MR) is 74.1 cm³/mol. The van der Waals surface area contributed by atoms with Crippen molar-refractivity contribution < 1.29 is 0 Å². The molecule has 3 rings (SSSR count). The second-order valence-electron chi connectivity index (χ2n) is 4.71. The molecule has 98 valence electrons. The summed E-state index contributed by atoms with van der Waals surface area (Å²) in [5, 5.41) is 25.7. The SMILES string of the molecule is N#Cc1cccc(-n2nc(NC3CC3)c(C#N)c2N)c1. The van der Waals surface area contributed by atoms with E-state index in [1.165, 1.54) is 4.68 Å². The van der Waals surface area contributed by atoms with E-state index in [2.05, 4.69) is 22.6 Å². The summed E-state index contributed by atoms with van der Waals surface area (Å²) in [6.07, 6.45) is 2.17. The highest BCUT2D eigenvalue weighted by Gasteiger charge is 2.25. The van der Waals surface area contributed by atoms with Crippen LogP contribution in [0.3, 0.4) is 0 Å². The van der Waals surface area contributed by atoms with Crippen LogP contribution in [0.4, 0.5) is 11.6 Å². The Morgan fingerprint density at radius 1 is 1.30 bits per heavy atom. The second kappa shape index (κ2) is 4.60. The van der Waals surface area contributed by atoms with E-state index >= 15 is 0 Å². The molecule has 0 unspecified atom stereocenters. The van der Waals surface area contributed by atoms with Crippen LogP contribution in [0.5, 0.6) is 0 Å². The van der Waals surface area contributed by atoms with Gasteiger partial charge in [0.25, 0.3) is 0 Å². The molecule has 1 aromatic carbocycles. The molecule has 2 aromatic rings. The van der Waals surface area contributed by atoms with E-state index < -0.39 is 0 Å². The van der Waals surface area contributed by atoms with Crippen molar-refractivity contribution in [3.8, 4) is 17.8 Å². The molecule has 0 atom stereocenters. The monoisotopic (exact) mass is 264 g/mol. The Labute approximate surface area is 116 Å². The van der Waals surface area contributed by atoms with Crippen LogP contribution in [-0.2, 0) is 0 Å². The van der Waals surface area contributed by atoms with Crippen LogP contribution >= 0.6 is 0 Å². The van der Waals surface area contributed by atoms with Gasteiger partial charge in [0.2, 0.25) is 0 Å². The average molecular weight is 264 g/mol. The molecule has 0 radical (unpaired) electrons. The largest absolute Gasteiger partial charge is 0.382 e. The zero-order chi connectivity index (χ0) is 14.1. The number of nitrogen functional groups attached to an aromatic ring is 1.